The number of amides is 3. The Hall–Kier alpha value is -3.02. The van der Waals surface area contributed by atoms with Crippen LogP contribution in [0.3, 0.4) is 0 Å². The SMILES string of the molecule is CN1C(=O)c2ccc(NC(=O)c3ccc(F)cc3)cc2C1=O. The second-order valence-corrected chi connectivity index (χ2v) is 4.89. The van der Waals surface area contributed by atoms with E-state index in [-0.39, 0.29) is 11.5 Å². The molecule has 0 saturated heterocycles. The van der Waals surface area contributed by atoms with Crippen LogP contribution in [0.2, 0.25) is 0 Å². The van der Waals surface area contributed by atoms with Crippen LogP contribution in [0.1, 0.15) is 31.1 Å². The molecule has 0 fully saturated rings. The van der Waals surface area contributed by atoms with Crippen molar-refractivity contribution >= 4 is 23.4 Å². The van der Waals surface area contributed by atoms with Gasteiger partial charge in [-0.1, -0.05) is 0 Å². The zero-order valence-electron chi connectivity index (χ0n) is 11.6. The van der Waals surface area contributed by atoms with Crippen LogP contribution in [0, 0.1) is 5.82 Å². The van der Waals surface area contributed by atoms with Gasteiger partial charge in [0.25, 0.3) is 17.7 Å². The third kappa shape index (κ3) is 2.24. The molecule has 1 heterocycles. The summed E-state index contributed by atoms with van der Waals surface area (Å²) in [6, 6.07) is 9.61. The Balaban J connectivity index is 1.86. The molecule has 1 aliphatic rings. The van der Waals surface area contributed by atoms with Crippen molar-refractivity contribution in [2.24, 2.45) is 0 Å². The number of rotatable bonds is 2. The van der Waals surface area contributed by atoms with Crippen molar-refractivity contribution in [1.82, 2.24) is 4.90 Å². The number of benzene rings is 2. The Morgan fingerprint density at radius 1 is 1.00 bits per heavy atom. The number of anilines is 1. The van der Waals surface area contributed by atoms with Crippen LogP contribution in [0.4, 0.5) is 10.1 Å². The number of fused-ring (bicyclic) bond motifs is 1. The highest BCUT2D eigenvalue weighted by Crippen LogP contribution is 2.25. The molecule has 3 rings (SSSR count). The highest BCUT2D eigenvalue weighted by molar-refractivity contribution is 6.21. The zero-order valence-corrected chi connectivity index (χ0v) is 11.6. The molecular formula is C16H11FN2O3. The fraction of sp³-hybridized carbons (Fsp3) is 0.0625. The minimum Gasteiger partial charge on any atom is -0.322 e. The van der Waals surface area contributed by atoms with Gasteiger partial charge in [0.15, 0.2) is 0 Å². The second kappa shape index (κ2) is 5.07. The van der Waals surface area contributed by atoms with Gasteiger partial charge in [0.2, 0.25) is 0 Å². The van der Waals surface area contributed by atoms with E-state index in [1.807, 2.05) is 0 Å². The molecule has 110 valence electrons. The lowest BCUT2D eigenvalue weighted by molar-refractivity contribution is 0.0692. The molecule has 0 bridgehead atoms. The second-order valence-electron chi connectivity index (χ2n) is 4.89. The van der Waals surface area contributed by atoms with Gasteiger partial charge < -0.3 is 5.32 Å². The Kier molecular flexibility index (Phi) is 3.21. The maximum atomic E-state index is 12.8. The Morgan fingerprint density at radius 3 is 2.32 bits per heavy atom. The average Bonchev–Trinajstić information content (AvgIpc) is 2.72. The normalized spacial score (nSPS) is 13.3. The number of carbonyl (C=O) groups excluding carboxylic acids is 3. The first kappa shape index (κ1) is 13.9. The molecule has 3 amide bonds. The van der Waals surface area contributed by atoms with Crippen molar-refractivity contribution in [3.8, 4) is 0 Å². The van der Waals surface area contributed by atoms with Crippen molar-refractivity contribution in [2.45, 2.75) is 0 Å². The van der Waals surface area contributed by atoms with Crippen molar-refractivity contribution < 1.29 is 18.8 Å². The molecule has 1 aliphatic heterocycles. The third-order valence-corrected chi connectivity index (χ3v) is 3.45. The molecule has 1 N–H and O–H groups in total. The molecule has 0 unspecified atom stereocenters. The Morgan fingerprint density at radius 2 is 1.64 bits per heavy atom. The van der Waals surface area contributed by atoms with Crippen molar-refractivity contribution in [3.05, 3.63) is 65.0 Å². The molecule has 0 spiro atoms. The number of nitrogens with zero attached hydrogens (tertiary/aromatic N) is 1. The number of carbonyl (C=O) groups is 3. The van der Waals surface area contributed by atoms with Gasteiger partial charge in [-0.2, -0.15) is 0 Å². The number of halogens is 1. The molecule has 6 heteroatoms. The molecule has 0 saturated carbocycles. The maximum absolute atomic E-state index is 12.8. The van der Waals surface area contributed by atoms with Crippen LogP contribution in [0.15, 0.2) is 42.5 Å². The van der Waals surface area contributed by atoms with E-state index in [2.05, 4.69) is 5.32 Å². The summed E-state index contributed by atoms with van der Waals surface area (Å²) < 4.78 is 12.8. The fourth-order valence-electron chi connectivity index (χ4n) is 2.24. The van der Waals surface area contributed by atoms with Gasteiger partial charge in [-0.3, -0.25) is 19.3 Å². The van der Waals surface area contributed by atoms with Crippen LogP contribution in [-0.2, 0) is 0 Å². The van der Waals surface area contributed by atoms with Gasteiger partial charge in [0.05, 0.1) is 11.1 Å². The van der Waals surface area contributed by atoms with Crippen molar-refractivity contribution in [3.63, 3.8) is 0 Å². The molecule has 22 heavy (non-hydrogen) atoms. The quantitative estimate of drug-likeness (QED) is 0.865. The Labute approximate surface area is 125 Å². The van der Waals surface area contributed by atoms with Gasteiger partial charge in [0, 0.05) is 18.3 Å². The first-order valence-electron chi connectivity index (χ1n) is 6.51. The molecule has 0 atom stereocenters. The van der Waals surface area contributed by atoms with E-state index in [4.69, 9.17) is 0 Å². The maximum Gasteiger partial charge on any atom is 0.261 e. The smallest absolute Gasteiger partial charge is 0.261 e. The van der Waals surface area contributed by atoms with Crippen molar-refractivity contribution in [1.29, 1.82) is 0 Å². The molecule has 2 aromatic rings. The van der Waals surface area contributed by atoms with Gasteiger partial charge in [0.1, 0.15) is 5.82 Å². The molecular weight excluding hydrogens is 287 g/mol. The van der Waals surface area contributed by atoms with Crippen LogP contribution in [0.25, 0.3) is 0 Å². The largest absolute Gasteiger partial charge is 0.322 e. The summed E-state index contributed by atoms with van der Waals surface area (Å²) in [5.41, 5.74) is 1.25. The molecule has 0 radical (unpaired) electrons. The predicted molar refractivity (Wildman–Crippen MR) is 77.2 cm³/mol. The number of hydrogen-bond acceptors (Lipinski definition) is 3. The lowest BCUT2D eigenvalue weighted by atomic mass is 10.1. The summed E-state index contributed by atoms with van der Waals surface area (Å²) in [4.78, 5) is 36.7. The Bertz CT molecular complexity index is 800. The average molecular weight is 298 g/mol. The van der Waals surface area contributed by atoms with E-state index >= 15 is 0 Å². The molecule has 0 aliphatic carbocycles. The number of nitrogens with one attached hydrogen (secondary N) is 1. The minimum absolute atomic E-state index is 0.254. The monoisotopic (exact) mass is 298 g/mol. The van der Waals surface area contributed by atoms with E-state index in [0.717, 1.165) is 4.90 Å². The van der Waals surface area contributed by atoms with E-state index in [1.165, 1.54) is 43.4 Å². The summed E-state index contributed by atoms with van der Waals surface area (Å²) in [6.07, 6.45) is 0. The lowest BCUT2D eigenvalue weighted by Crippen LogP contribution is -2.24. The van der Waals surface area contributed by atoms with Crippen LogP contribution in [-0.4, -0.2) is 29.7 Å². The van der Waals surface area contributed by atoms with Gasteiger partial charge in [-0.15, -0.1) is 0 Å². The standard InChI is InChI=1S/C16H11FN2O3/c1-19-15(21)12-7-6-11(8-13(12)16(19)22)18-14(20)9-2-4-10(17)5-3-9/h2-8H,1H3,(H,18,20). The summed E-state index contributed by atoms with van der Waals surface area (Å²) in [5, 5.41) is 2.61. The summed E-state index contributed by atoms with van der Waals surface area (Å²) >= 11 is 0. The number of hydrogen-bond donors (Lipinski definition) is 1. The zero-order chi connectivity index (χ0) is 15.9. The van der Waals surface area contributed by atoms with Crippen LogP contribution in [0.5, 0.6) is 0 Å². The van der Waals surface area contributed by atoms with E-state index in [9.17, 15) is 18.8 Å². The molecule has 2 aromatic carbocycles. The predicted octanol–water partition coefficient (Wildman–Crippen LogP) is 2.30. The number of imide groups is 1. The third-order valence-electron chi connectivity index (χ3n) is 3.45. The van der Waals surface area contributed by atoms with E-state index in [1.54, 1.807) is 6.07 Å². The van der Waals surface area contributed by atoms with E-state index in [0.29, 0.717) is 16.8 Å². The van der Waals surface area contributed by atoms with Crippen LogP contribution >= 0.6 is 0 Å². The fourth-order valence-corrected chi connectivity index (χ4v) is 2.24. The minimum atomic E-state index is -0.429. The molecule has 5 nitrogen and oxygen atoms in total. The summed E-state index contributed by atoms with van der Waals surface area (Å²) in [6.45, 7) is 0. The first-order valence-corrected chi connectivity index (χ1v) is 6.51. The summed E-state index contributed by atoms with van der Waals surface area (Å²) in [5.74, 6) is -1.62. The van der Waals surface area contributed by atoms with Gasteiger partial charge in [-0.25, -0.2) is 4.39 Å². The van der Waals surface area contributed by atoms with Crippen LogP contribution < -0.4 is 5.32 Å². The molecule has 0 aromatic heterocycles. The highest BCUT2D eigenvalue weighted by atomic mass is 19.1. The highest BCUT2D eigenvalue weighted by Gasteiger charge is 2.32. The topological polar surface area (TPSA) is 66.5 Å². The van der Waals surface area contributed by atoms with Crippen molar-refractivity contribution in [2.75, 3.05) is 12.4 Å². The first-order chi connectivity index (χ1) is 10.5. The van der Waals surface area contributed by atoms with Gasteiger partial charge in [-0.05, 0) is 42.5 Å². The van der Waals surface area contributed by atoms with Gasteiger partial charge >= 0.3 is 0 Å². The van der Waals surface area contributed by atoms with E-state index < -0.39 is 17.6 Å². The summed E-state index contributed by atoms with van der Waals surface area (Å²) in [7, 11) is 1.40. The lowest BCUT2D eigenvalue weighted by Gasteiger charge is -2.06.